The molecule has 5 heteroatoms. The molecule has 0 aliphatic heterocycles. The summed E-state index contributed by atoms with van der Waals surface area (Å²) in [5, 5.41) is 14.2. The van der Waals surface area contributed by atoms with Gasteiger partial charge in [0.1, 0.15) is 0 Å². The third-order valence-electron chi connectivity index (χ3n) is 8.35. The van der Waals surface area contributed by atoms with Crippen LogP contribution in [0.4, 0.5) is 0 Å². The normalized spacial score (nSPS) is 11.7. The van der Waals surface area contributed by atoms with E-state index in [9.17, 15) is 9.90 Å². The molecule has 0 atom stereocenters. The first-order chi connectivity index (χ1) is 21.1. The summed E-state index contributed by atoms with van der Waals surface area (Å²) < 4.78 is 10.5. The smallest absolute Gasteiger partial charge is 0.157 e. The number of carbonyl (C=O) groups excluding carboxylic acids is 1. The van der Waals surface area contributed by atoms with Crippen molar-refractivity contribution >= 4 is 29.1 Å². The van der Waals surface area contributed by atoms with Gasteiger partial charge in [-0.25, -0.2) is 0 Å². The van der Waals surface area contributed by atoms with Crippen molar-refractivity contribution in [3.8, 4) is 11.5 Å². The summed E-state index contributed by atoms with van der Waals surface area (Å²) in [6, 6.07) is 38.6. The minimum atomic E-state index is -2.11. The van der Waals surface area contributed by atoms with Crippen molar-refractivity contribution in [1.82, 2.24) is 0 Å². The first-order valence-electron chi connectivity index (χ1n) is 15.8. The predicted octanol–water partition coefficient (Wildman–Crippen LogP) is 7.72. The number of aromatic hydroxyl groups is 1. The van der Waals surface area contributed by atoms with Gasteiger partial charge < -0.3 is 9.84 Å². The van der Waals surface area contributed by atoms with Gasteiger partial charge in [0, 0.05) is 0 Å². The molecule has 0 saturated carbocycles. The second kappa shape index (κ2) is 17.5. The molecule has 0 fully saturated rings. The van der Waals surface area contributed by atoms with E-state index in [2.05, 4.69) is 91.0 Å². The van der Waals surface area contributed by atoms with Gasteiger partial charge in [-0.3, -0.25) is 4.79 Å². The average molecular weight is 599 g/mol. The van der Waals surface area contributed by atoms with Gasteiger partial charge in [0.05, 0.1) is 13.5 Å². The Morgan fingerprint density at radius 1 is 0.628 bits per heavy atom. The molecule has 43 heavy (non-hydrogen) atoms. The van der Waals surface area contributed by atoms with E-state index in [1.165, 1.54) is 80.2 Å². The fraction of sp³-hybridized carbons (Fsp3) is 0.342. The summed E-state index contributed by atoms with van der Waals surface area (Å²) in [6.45, 7) is 0.462. The number of unbranched alkanes of at least 4 members (excludes halogenated alkanes) is 8. The summed E-state index contributed by atoms with van der Waals surface area (Å²) >= 11 is 0. The number of carbonyl (C=O) groups is 1. The molecule has 0 aromatic heterocycles. The van der Waals surface area contributed by atoms with E-state index in [4.69, 9.17) is 9.47 Å². The Hall–Kier alpha value is -3.62. The molecular formula is C38H47O4P. The topological polar surface area (TPSA) is 55.8 Å². The Morgan fingerprint density at radius 3 is 1.58 bits per heavy atom. The van der Waals surface area contributed by atoms with E-state index in [-0.39, 0.29) is 18.1 Å². The predicted molar refractivity (Wildman–Crippen MR) is 182 cm³/mol. The van der Waals surface area contributed by atoms with Gasteiger partial charge >= 0.3 is 195 Å². The SMILES string of the molecule is COc1cc(CC(=O)OCCCCCCCCCCC[PH](c2ccccc2)(c2ccccc2)c2ccccc2)ccc1O. The van der Waals surface area contributed by atoms with E-state index < -0.39 is 7.26 Å². The van der Waals surface area contributed by atoms with Crippen molar-refractivity contribution in [2.45, 2.75) is 64.2 Å². The molecule has 1 N–H and O–H groups in total. The molecule has 0 radical (unpaired) electrons. The van der Waals surface area contributed by atoms with Crippen LogP contribution in [0, 0.1) is 0 Å². The Labute approximate surface area is 258 Å². The number of benzene rings is 4. The van der Waals surface area contributed by atoms with Crippen molar-refractivity contribution in [2.24, 2.45) is 0 Å². The van der Waals surface area contributed by atoms with Crippen molar-refractivity contribution in [3.63, 3.8) is 0 Å². The van der Waals surface area contributed by atoms with Crippen LogP contribution < -0.4 is 20.7 Å². The minimum Gasteiger partial charge on any atom is -0.504 e. The molecular weight excluding hydrogens is 551 g/mol. The quantitative estimate of drug-likeness (QED) is 0.0724. The number of phenolic OH excluding ortho intramolecular Hbond substituents is 1. The van der Waals surface area contributed by atoms with Gasteiger partial charge in [-0.2, -0.15) is 0 Å². The van der Waals surface area contributed by atoms with E-state index >= 15 is 0 Å². The van der Waals surface area contributed by atoms with Gasteiger partial charge in [-0.05, 0) is 17.7 Å². The van der Waals surface area contributed by atoms with Crippen LogP contribution in [-0.4, -0.2) is 31.0 Å². The van der Waals surface area contributed by atoms with E-state index in [0.717, 1.165) is 18.4 Å². The van der Waals surface area contributed by atoms with Gasteiger partial charge in [0.25, 0.3) is 0 Å². The molecule has 4 aromatic carbocycles. The maximum Gasteiger partial charge on any atom is 0.157 e. The second-order valence-corrected chi connectivity index (χ2v) is 15.4. The zero-order valence-electron chi connectivity index (χ0n) is 25.5. The molecule has 0 bridgehead atoms. The first kappa shape index (κ1) is 32.3. The Balaban J connectivity index is 1.14. The van der Waals surface area contributed by atoms with E-state index in [0.29, 0.717) is 12.4 Å². The molecule has 4 nitrogen and oxygen atoms in total. The molecule has 0 spiro atoms. The zero-order valence-corrected chi connectivity index (χ0v) is 26.5. The van der Waals surface area contributed by atoms with Crippen LogP contribution >= 0.6 is 7.26 Å². The van der Waals surface area contributed by atoms with E-state index in [1.54, 1.807) is 12.1 Å². The van der Waals surface area contributed by atoms with Gasteiger partial charge in [0.2, 0.25) is 0 Å². The summed E-state index contributed by atoms with van der Waals surface area (Å²) in [6.07, 6.45) is 12.1. The number of ether oxygens (including phenoxy) is 2. The Bertz CT molecular complexity index is 1260. The largest absolute Gasteiger partial charge is 0.504 e. The molecule has 0 aliphatic carbocycles. The molecule has 228 valence electrons. The Kier molecular flexibility index (Phi) is 13.1. The fourth-order valence-corrected chi connectivity index (χ4v) is 11.0. The number of esters is 1. The Morgan fingerprint density at radius 2 is 1.09 bits per heavy atom. The number of methoxy groups -OCH3 is 1. The molecule has 0 aliphatic rings. The average Bonchev–Trinajstić information content (AvgIpc) is 3.05. The van der Waals surface area contributed by atoms with Crippen LogP contribution in [0.3, 0.4) is 0 Å². The van der Waals surface area contributed by atoms with Crippen LogP contribution in [0.1, 0.15) is 63.4 Å². The van der Waals surface area contributed by atoms with E-state index in [1.807, 2.05) is 0 Å². The molecule has 0 unspecified atom stereocenters. The van der Waals surface area contributed by atoms with Gasteiger partial charge in [0.15, 0.2) is 11.5 Å². The van der Waals surface area contributed by atoms with Crippen LogP contribution in [0.2, 0.25) is 0 Å². The maximum absolute atomic E-state index is 12.1. The summed E-state index contributed by atoms with van der Waals surface area (Å²) in [7, 11) is -0.612. The second-order valence-electron chi connectivity index (χ2n) is 11.3. The molecule has 4 rings (SSSR count). The van der Waals surface area contributed by atoms with Crippen LogP contribution in [0.15, 0.2) is 109 Å². The molecule has 0 heterocycles. The van der Waals surface area contributed by atoms with Crippen molar-refractivity contribution in [3.05, 3.63) is 115 Å². The maximum atomic E-state index is 12.1. The monoisotopic (exact) mass is 598 g/mol. The van der Waals surface area contributed by atoms with Crippen molar-refractivity contribution < 1.29 is 19.4 Å². The molecule has 0 saturated heterocycles. The number of hydrogen-bond donors (Lipinski definition) is 1. The molecule has 4 aromatic rings. The standard InChI is InChI=1S/C38H47O4P/c1-41-37-30-32(26-27-36(37)39)31-38(40)42-28-18-7-5-3-2-4-6-8-19-29-43(33-20-12-9-13-21-33,34-22-14-10-15-23-34)35-24-16-11-17-25-35/h9-17,20-27,30,39,43H,2-8,18-19,28-29,31H2,1H3. The first-order valence-corrected chi connectivity index (χ1v) is 18.0. The third kappa shape index (κ3) is 9.43. The van der Waals surface area contributed by atoms with Crippen LogP contribution in [-0.2, 0) is 16.0 Å². The fourth-order valence-electron chi connectivity index (χ4n) is 6.07. The van der Waals surface area contributed by atoms with Gasteiger partial charge in [-0.15, -0.1) is 0 Å². The number of phenols is 1. The van der Waals surface area contributed by atoms with Crippen LogP contribution in [0.5, 0.6) is 11.5 Å². The van der Waals surface area contributed by atoms with Crippen molar-refractivity contribution in [1.29, 1.82) is 0 Å². The van der Waals surface area contributed by atoms with Crippen molar-refractivity contribution in [2.75, 3.05) is 19.9 Å². The number of hydrogen-bond acceptors (Lipinski definition) is 4. The van der Waals surface area contributed by atoms with Crippen LogP contribution in [0.25, 0.3) is 0 Å². The third-order valence-corrected chi connectivity index (χ3v) is 13.4. The number of rotatable bonds is 18. The summed E-state index contributed by atoms with van der Waals surface area (Å²) in [4.78, 5) is 12.1. The molecule has 0 amide bonds. The van der Waals surface area contributed by atoms with Gasteiger partial charge in [-0.1, -0.05) is 6.07 Å². The minimum absolute atomic E-state index is 0.0671. The summed E-state index contributed by atoms with van der Waals surface area (Å²) in [5.74, 6) is 0.191. The zero-order chi connectivity index (χ0) is 30.2. The summed E-state index contributed by atoms with van der Waals surface area (Å²) in [5.41, 5.74) is 0.771.